The Labute approximate surface area is 98.4 Å². The summed E-state index contributed by atoms with van der Waals surface area (Å²) in [4.78, 5) is 0. The normalized spacial score (nSPS) is 32.8. The quantitative estimate of drug-likeness (QED) is 0.773. The van der Waals surface area contributed by atoms with E-state index in [1.807, 2.05) is 6.92 Å². The number of aliphatic hydroxyl groups is 1. The van der Waals surface area contributed by atoms with Gasteiger partial charge in [0.05, 0.1) is 11.2 Å². The van der Waals surface area contributed by atoms with Crippen molar-refractivity contribution in [3.8, 4) is 0 Å². The van der Waals surface area contributed by atoms with Crippen molar-refractivity contribution in [2.45, 2.75) is 63.1 Å². The van der Waals surface area contributed by atoms with Crippen LogP contribution >= 0.6 is 0 Å². The fourth-order valence-corrected chi connectivity index (χ4v) is 3.45. The molecule has 2 aliphatic rings. The average molecular weight is 227 g/mol. The van der Waals surface area contributed by atoms with E-state index >= 15 is 0 Å². The van der Waals surface area contributed by atoms with Gasteiger partial charge in [-0.25, -0.2) is 0 Å². The van der Waals surface area contributed by atoms with Crippen molar-refractivity contribution < 1.29 is 9.84 Å². The zero-order chi connectivity index (χ0) is 11.6. The highest BCUT2D eigenvalue weighted by Crippen LogP contribution is 2.45. The van der Waals surface area contributed by atoms with Gasteiger partial charge in [0.1, 0.15) is 0 Å². The molecule has 1 saturated heterocycles. The van der Waals surface area contributed by atoms with E-state index in [-0.39, 0.29) is 5.60 Å². The standard InChI is InChI=1S/C13H25NO2/c1-2-13(15,10-14)11-5-8-16-12(9-11)6-3-4-7-12/h11,15H,2-10,14H2,1H3. The topological polar surface area (TPSA) is 55.5 Å². The maximum Gasteiger partial charge on any atom is 0.0796 e. The first-order valence-corrected chi connectivity index (χ1v) is 6.70. The summed E-state index contributed by atoms with van der Waals surface area (Å²) in [5.41, 5.74) is 5.16. The third-order valence-corrected chi connectivity index (χ3v) is 4.73. The molecule has 2 rings (SSSR count). The molecular formula is C13H25NO2. The molecule has 0 amide bonds. The van der Waals surface area contributed by atoms with E-state index in [9.17, 15) is 5.11 Å². The molecule has 1 spiro atoms. The molecule has 1 heterocycles. The van der Waals surface area contributed by atoms with Gasteiger partial charge in [-0.15, -0.1) is 0 Å². The Morgan fingerprint density at radius 2 is 2.12 bits per heavy atom. The van der Waals surface area contributed by atoms with Gasteiger partial charge in [0, 0.05) is 13.2 Å². The molecule has 3 heteroatoms. The van der Waals surface area contributed by atoms with Crippen molar-refractivity contribution in [1.82, 2.24) is 0 Å². The number of ether oxygens (including phenoxy) is 1. The van der Waals surface area contributed by atoms with E-state index in [1.54, 1.807) is 0 Å². The van der Waals surface area contributed by atoms with Gasteiger partial charge in [0.15, 0.2) is 0 Å². The Morgan fingerprint density at radius 3 is 2.69 bits per heavy atom. The maximum absolute atomic E-state index is 10.5. The van der Waals surface area contributed by atoms with Crippen LogP contribution < -0.4 is 5.73 Å². The first kappa shape index (κ1) is 12.3. The molecular weight excluding hydrogens is 202 g/mol. The van der Waals surface area contributed by atoms with E-state index in [4.69, 9.17) is 10.5 Å². The second-order valence-electron chi connectivity index (χ2n) is 5.59. The third-order valence-electron chi connectivity index (χ3n) is 4.73. The molecule has 2 fully saturated rings. The van der Waals surface area contributed by atoms with Gasteiger partial charge in [-0.3, -0.25) is 0 Å². The van der Waals surface area contributed by atoms with Crippen LogP contribution in [0.1, 0.15) is 51.9 Å². The zero-order valence-electron chi connectivity index (χ0n) is 10.4. The highest BCUT2D eigenvalue weighted by Gasteiger charge is 2.45. The molecule has 3 nitrogen and oxygen atoms in total. The average Bonchev–Trinajstić information content (AvgIpc) is 2.76. The van der Waals surface area contributed by atoms with Crippen molar-refractivity contribution in [2.24, 2.45) is 11.7 Å². The fourth-order valence-electron chi connectivity index (χ4n) is 3.45. The van der Waals surface area contributed by atoms with Gasteiger partial charge in [-0.2, -0.15) is 0 Å². The molecule has 1 saturated carbocycles. The van der Waals surface area contributed by atoms with Crippen molar-refractivity contribution in [1.29, 1.82) is 0 Å². The molecule has 0 aromatic rings. The van der Waals surface area contributed by atoms with Crippen LogP contribution in [0.15, 0.2) is 0 Å². The van der Waals surface area contributed by atoms with E-state index in [2.05, 4.69) is 0 Å². The Kier molecular flexibility index (Phi) is 3.57. The number of rotatable bonds is 3. The van der Waals surface area contributed by atoms with Crippen LogP contribution in [0.5, 0.6) is 0 Å². The van der Waals surface area contributed by atoms with E-state index in [0.717, 1.165) is 25.9 Å². The van der Waals surface area contributed by atoms with Gasteiger partial charge in [0.25, 0.3) is 0 Å². The van der Waals surface area contributed by atoms with Crippen LogP contribution in [0, 0.1) is 5.92 Å². The van der Waals surface area contributed by atoms with Crippen LogP contribution in [-0.2, 0) is 4.74 Å². The minimum atomic E-state index is -0.667. The second-order valence-corrected chi connectivity index (χ2v) is 5.59. The van der Waals surface area contributed by atoms with Crippen molar-refractivity contribution in [2.75, 3.05) is 13.2 Å². The molecule has 1 aliphatic carbocycles. The predicted molar refractivity (Wildman–Crippen MR) is 64.2 cm³/mol. The van der Waals surface area contributed by atoms with Gasteiger partial charge in [0.2, 0.25) is 0 Å². The monoisotopic (exact) mass is 227 g/mol. The number of hydrogen-bond donors (Lipinski definition) is 2. The molecule has 0 aromatic heterocycles. The number of nitrogens with two attached hydrogens (primary N) is 1. The highest BCUT2D eigenvalue weighted by molar-refractivity contribution is 4.97. The summed E-state index contributed by atoms with van der Waals surface area (Å²) in [6.45, 7) is 3.21. The van der Waals surface area contributed by atoms with Crippen molar-refractivity contribution in [3.63, 3.8) is 0 Å². The lowest BCUT2D eigenvalue weighted by molar-refractivity contribution is -0.138. The molecule has 2 atom stereocenters. The lowest BCUT2D eigenvalue weighted by Gasteiger charge is -2.44. The molecule has 1 aliphatic heterocycles. The van der Waals surface area contributed by atoms with Crippen LogP contribution in [0.4, 0.5) is 0 Å². The lowest BCUT2D eigenvalue weighted by Crippen LogP contribution is -2.51. The van der Waals surface area contributed by atoms with Crippen LogP contribution in [0.3, 0.4) is 0 Å². The zero-order valence-corrected chi connectivity index (χ0v) is 10.4. The summed E-state index contributed by atoms with van der Waals surface area (Å²) < 4.78 is 5.99. The predicted octanol–water partition coefficient (Wildman–Crippen LogP) is 1.83. The molecule has 3 N–H and O–H groups in total. The lowest BCUT2D eigenvalue weighted by atomic mass is 9.74. The largest absolute Gasteiger partial charge is 0.388 e. The van der Waals surface area contributed by atoms with Gasteiger partial charge >= 0.3 is 0 Å². The van der Waals surface area contributed by atoms with Crippen molar-refractivity contribution >= 4 is 0 Å². The molecule has 0 aromatic carbocycles. The molecule has 16 heavy (non-hydrogen) atoms. The molecule has 2 unspecified atom stereocenters. The third kappa shape index (κ3) is 2.13. The molecule has 0 radical (unpaired) electrons. The minimum Gasteiger partial charge on any atom is -0.388 e. The van der Waals surface area contributed by atoms with Crippen molar-refractivity contribution in [3.05, 3.63) is 0 Å². The highest BCUT2D eigenvalue weighted by atomic mass is 16.5. The van der Waals surface area contributed by atoms with Crippen LogP contribution in [0.2, 0.25) is 0 Å². The maximum atomic E-state index is 10.5. The Balaban J connectivity index is 2.06. The Morgan fingerprint density at radius 1 is 1.44 bits per heavy atom. The summed E-state index contributed by atoms with van der Waals surface area (Å²) in [7, 11) is 0. The Bertz CT molecular complexity index is 232. The summed E-state index contributed by atoms with van der Waals surface area (Å²) in [5, 5.41) is 10.5. The minimum absolute atomic E-state index is 0.0846. The first-order chi connectivity index (χ1) is 7.64. The van der Waals surface area contributed by atoms with Gasteiger partial charge < -0.3 is 15.6 Å². The summed E-state index contributed by atoms with van der Waals surface area (Å²) in [5.74, 6) is 0.328. The van der Waals surface area contributed by atoms with Crippen LogP contribution in [0.25, 0.3) is 0 Å². The second kappa shape index (κ2) is 4.63. The van der Waals surface area contributed by atoms with E-state index in [1.165, 1.54) is 25.7 Å². The SMILES string of the molecule is CCC(O)(CN)C1CCOC2(CCCC2)C1. The molecule has 94 valence electrons. The summed E-state index contributed by atoms with van der Waals surface area (Å²) >= 11 is 0. The van der Waals surface area contributed by atoms with E-state index < -0.39 is 5.60 Å². The van der Waals surface area contributed by atoms with Crippen LogP contribution in [-0.4, -0.2) is 29.5 Å². The Hall–Kier alpha value is -0.120. The smallest absolute Gasteiger partial charge is 0.0796 e. The van der Waals surface area contributed by atoms with E-state index in [0.29, 0.717) is 12.5 Å². The summed E-state index contributed by atoms with van der Waals surface area (Å²) in [6.07, 6.45) is 7.63. The first-order valence-electron chi connectivity index (χ1n) is 6.70. The van der Waals surface area contributed by atoms with Gasteiger partial charge in [-0.05, 0) is 38.0 Å². The fraction of sp³-hybridized carbons (Fsp3) is 1.00. The molecule has 0 bridgehead atoms. The number of hydrogen-bond acceptors (Lipinski definition) is 3. The summed E-state index contributed by atoms with van der Waals surface area (Å²) in [6, 6.07) is 0. The van der Waals surface area contributed by atoms with Gasteiger partial charge in [-0.1, -0.05) is 19.8 Å².